The van der Waals surface area contributed by atoms with Crippen LogP contribution < -0.4 is 5.32 Å². The van der Waals surface area contributed by atoms with Crippen LogP contribution in [0.4, 0.5) is 0 Å². The number of amides is 1. The van der Waals surface area contributed by atoms with E-state index in [1.165, 1.54) is 5.56 Å². The smallest absolute Gasteiger partial charge is 0.227 e. The third-order valence-corrected chi connectivity index (χ3v) is 4.64. The Morgan fingerprint density at radius 1 is 1.19 bits per heavy atom. The van der Waals surface area contributed by atoms with Gasteiger partial charge in [-0.25, -0.2) is 0 Å². The summed E-state index contributed by atoms with van der Waals surface area (Å²) in [6.07, 6.45) is 2.59. The first-order valence-corrected chi connectivity index (χ1v) is 9.69. The van der Waals surface area contributed by atoms with E-state index < -0.39 is 0 Å². The minimum absolute atomic E-state index is 0.00795. The van der Waals surface area contributed by atoms with Crippen LogP contribution in [0.5, 0.6) is 0 Å². The van der Waals surface area contributed by atoms with E-state index in [9.17, 15) is 4.79 Å². The van der Waals surface area contributed by atoms with Gasteiger partial charge in [0.2, 0.25) is 11.8 Å². The maximum atomic E-state index is 12.2. The molecule has 3 rings (SSSR count). The molecule has 1 aliphatic rings. The molecule has 1 fully saturated rings. The first kappa shape index (κ1) is 19.5. The monoisotopic (exact) mass is 372 g/mol. The van der Waals surface area contributed by atoms with Gasteiger partial charge in [-0.15, -0.1) is 0 Å². The molecule has 1 aromatic carbocycles. The van der Waals surface area contributed by atoms with Crippen molar-refractivity contribution in [2.24, 2.45) is 0 Å². The number of hydrogen-bond donors (Lipinski definition) is 1. The van der Waals surface area contributed by atoms with Crippen molar-refractivity contribution in [3.63, 3.8) is 0 Å². The number of aromatic nitrogens is 2. The van der Waals surface area contributed by atoms with Gasteiger partial charge in [-0.1, -0.05) is 36.3 Å². The van der Waals surface area contributed by atoms with Crippen LogP contribution in [0.15, 0.2) is 28.8 Å². The summed E-state index contributed by atoms with van der Waals surface area (Å²) in [6.45, 7) is 6.96. The number of ether oxygens (including phenoxy) is 1. The highest BCUT2D eigenvalue weighted by Gasteiger charge is 2.13. The molecule has 0 spiro atoms. The number of nitrogens with zero attached hydrogens (tertiary/aromatic N) is 3. The van der Waals surface area contributed by atoms with E-state index in [-0.39, 0.29) is 5.91 Å². The van der Waals surface area contributed by atoms with Gasteiger partial charge in [-0.05, 0) is 17.5 Å². The fourth-order valence-corrected chi connectivity index (χ4v) is 3.10. The molecule has 1 aliphatic heterocycles. The van der Waals surface area contributed by atoms with Crippen molar-refractivity contribution in [2.45, 2.75) is 45.7 Å². The molecule has 1 N–H and O–H groups in total. The van der Waals surface area contributed by atoms with E-state index in [1.54, 1.807) is 0 Å². The molecular weight excluding hydrogens is 344 g/mol. The highest BCUT2D eigenvalue weighted by atomic mass is 16.5. The van der Waals surface area contributed by atoms with Gasteiger partial charge < -0.3 is 14.6 Å². The van der Waals surface area contributed by atoms with E-state index in [4.69, 9.17) is 9.26 Å². The lowest BCUT2D eigenvalue weighted by atomic mass is 10.1. The summed E-state index contributed by atoms with van der Waals surface area (Å²) in [6, 6.07) is 8.26. The van der Waals surface area contributed by atoms with E-state index in [1.807, 2.05) is 12.1 Å². The van der Waals surface area contributed by atoms with Crippen molar-refractivity contribution >= 4 is 5.91 Å². The van der Waals surface area contributed by atoms with Crippen molar-refractivity contribution in [2.75, 3.05) is 26.3 Å². The van der Waals surface area contributed by atoms with Crippen molar-refractivity contribution in [1.82, 2.24) is 20.4 Å². The maximum Gasteiger partial charge on any atom is 0.227 e. The Hall–Kier alpha value is -2.25. The number of rotatable bonds is 9. The highest BCUT2D eigenvalue weighted by Crippen LogP contribution is 2.13. The third-order valence-electron chi connectivity index (χ3n) is 4.64. The minimum atomic E-state index is -0.00795. The Bertz CT molecular complexity index is 726. The fraction of sp³-hybridized carbons (Fsp3) is 0.550. The van der Waals surface area contributed by atoms with Crippen molar-refractivity contribution in [3.8, 4) is 0 Å². The topological polar surface area (TPSA) is 80.5 Å². The zero-order valence-corrected chi connectivity index (χ0v) is 15.9. The second kappa shape index (κ2) is 10.2. The number of benzene rings is 1. The summed E-state index contributed by atoms with van der Waals surface area (Å²) in [7, 11) is 0. The van der Waals surface area contributed by atoms with E-state index in [0.717, 1.165) is 51.3 Å². The molecule has 146 valence electrons. The van der Waals surface area contributed by atoms with Crippen LogP contribution in [0.1, 0.15) is 42.6 Å². The molecular formula is C20H28N4O3. The molecule has 2 aromatic rings. The Morgan fingerprint density at radius 2 is 1.96 bits per heavy atom. The average Bonchev–Trinajstić information content (AvgIpc) is 3.14. The number of carbonyl (C=O) groups is 1. The molecule has 7 nitrogen and oxygen atoms in total. The van der Waals surface area contributed by atoms with Gasteiger partial charge in [0.1, 0.15) is 0 Å². The SMILES string of the molecule is CCCc1noc(CCC(=O)NCc2ccccc2CN2CCOCC2)n1. The number of aryl methyl sites for hydroxylation is 2. The summed E-state index contributed by atoms with van der Waals surface area (Å²) in [5.74, 6) is 1.23. The van der Waals surface area contributed by atoms with E-state index in [2.05, 4.69) is 39.4 Å². The predicted molar refractivity (Wildman–Crippen MR) is 101 cm³/mol. The molecule has 27 heavy (non-hydrogen) atoms. The first-order valence-electron chi connectivity index (χ1n) is 9.69. The second-order valence-corrected chi connectivity index (χ2v) is 6.79. The van der Waals surface area contributed by atoms with Gasteiger partial charge in [0.05, 0.1) is 13.2 Å². The molecule has 1 aromatic heterocycles. The van der Waals surface area contributed by atoms with E-state index in [0.29, 0.717) is 31.1 Å². The largest absolute Gasteiger partial charge is 0.379 e. The summed E-state index contributed by atoms with van der Waals surface area (Å²) < 4.78 is 10.6. The van der Waals surface area contributed by atoms with Gasteiger partial charge in [-0.3, -0.25) is 9.69 Å². The lowest BCUT2D eigenvalue weighted by molar-refractivity contribution is -0.121. The van der Waals surface area contributed by atoms with Gasteiger partial charge in [0.25, 0.3) is 0 Å². The molecule has 0 bridgehead atoms. The van der Waals surface area contributed by atoms with Crippen LogP contribution in [0.25, 0.3) is 0 Å². The summed E-state index contributed by atoms with van der Waals surface area (Å²) in [4.78, 5) is 18.9. The van der Waals surface area contributed by atoms with Crippen LogP contribution in [0.2, 0.25) is 0 Å². The summed E-state index contributed by atoms with van der Waals surface area (Å²) in [5.41, 5.74) is 2.40. The zero-order chi connectivity index (χ0) is 18.9. The van der Waals surface area contributed by atoms with Crippen molar-refractivity contribution in [1.29, 1.82) is 0 Å². The first-order chi connectivity index (χ1) is 13.2. The lowest BCUT2D eigenvalue weighted by Crippen LogP contribution is -2.36. The fourth-order valence-electron chi connectivity index (χ4n) is 3.10. The van der Waals surface area contributed by atoms with Crippen LogP contribution in [0, 0.1) is 0 Å². The predicted octanol–water partition coefficient (Wildman–Crippen LogP) is 2.10. The molecule has 0 aliphatic carbocycles. The van der Waals surface area contributed by atoms with E-state index >= 15 is 0 Å². The Morgan fingerprint density at radius 3 is 2.74 bits per heavy atom. The summed E-state index contributed by atoms with van der Waals surface area (Å²) >= 11 is 0. The molecule has 0 saturated carbocycles. The number of nitrogens with one attached hydrogen (secondary N) is 1. The molecule has 0 atom stereocenters. The van der Waals surface area contributed by atoms with Gasteiger partial charge >= 0.3 is 0 Å². The van der Waals surface area contributed by atoms with Crippen molar-refractivity contribution < 1.29 is 14.1 Å². The van der Waals surface area contributed by atoms with Crippen LogP contribution in [-0.2, 0) is 35.5 Å². The van der Waals surface area contributed by atoms with Crippen LogP contribution >= 0.6 is 0 Å². The maximum absolute atomic E-state index is 12.2. The number of carbonyl (C=O) groups excluding carboxylic acids is 1. The molecule has 1 amide bonds. The standard InChI is InChI=1S/C20H28N4O3/c1-2-5-18-22-20(27-23-18)9-8-19(25)21-14-16-6-3-4-7-17(16)15-24-10-12-26-13-11-24/h3-4,6-7H,2,5,8-15H2,1H3,(H,21,25). The zero-order valence-electron chi connectivity index (χ0n) is 15.9. The second-order valence-electron chi connectivity index (χ2n) is 6.79. The normalized spacial score (nSPS) is 15.0. The van der Waals surface area contributed by atoms with Crippen molar-refractivity contribution in [3.05, 3.63) is 47.1 Å². The van der Waals surface area contributed by atoms with Gasteiger partial charge in [-0.2, -0.15) is 4.98 Å². The van der Waals surface area contributed by atoms with Crippen LogP contribution in [0.3, 0.4) is 0 Å². The van der Waals surface area contributed by atoms with Crippen LogP contribution in [-0.4, -0.2) is 47.3 Å². The molecule has 0 radical (unpaired) electrons. The van der Waals surface area contributed by atoms with Gasteiger partial charge in [0.15, 0.2) is 5.82 Å². The molecule has 7 heteroatoms. The average molecular weight is 372 g/mol. The number of morpholine rings is 1. The Labute approximate surface area is 160 Å². The summed E-state index contributed by atoms with van der Waals surface area (Å²) in [5, 5.41) is 6.92. The Balaban J connectivity index is 1.46. The van der Waals surface area contributed by atoms with Gasteiger partial charge in [0, 0.05) is 45.4 Å². The Kier molecular flexibility index (Phi) is 7.36. The lowest BCUT2D eigenvalue weighted by Gasteiger charge is -2.27. The quantitative estimate of drug-likeness (QED) is 0.726. The molecule has 0 unspecified atom stereocenters. The highest BCUT2D eigenvalue weighted by molar-refractivity contribution is 5.76. The third kappa shape index (κ3) is 6.15. The molecule has 1 saturated heterocycles. The molecule has 2 heterocycles. The number of hydrogen-bond acceptors (Lipinski definition) is 6. The minimum Gasteiger partial charge on any atom is -0.379 e.